The summed E-state index contributed by atoms with van der Waals surface area (Å²) >= 11 is -2.48. The molecule has 2 amide bonds. The molecule has 5 N–H and O–H groups in total. The van der Waals surface area contributed by atoms with Crippen molar-refractivity contribution >= 4 is 51.6 Å². The van der Waals surface area contributed by atoms with Crippen LogP contribution in [0.1, 0.15) is 18.0 Å². The van der Waals surface area contributed by atoms with Crippen molar-refractivity contribution < 1.29 is 23.5 Å². The third-order valence-corrected chi connectivity index (χ3v) is 7.00. The van der Waals surface area contributed by atoms with Crippen molar-refractivity contribution in [3.8, 4) is 11.1 Å². The molecule has 0 aliphatic heterocycles. The van der Waals surface area contributed by atoms with Gasteiger partial charge in [0.2, 0.25) is 5.95 Å². The summed E-state index contributed by atoms with van der Waals surface area (Å²) < 4.78 is 23.7. The number of imidazole rings is 1. The van der Waals surface area contributed by atoms with Gasteiger partial charge in [0.15, 0.2) is 0 Å². The second-order valence-electron chi connectivity index (χ2n) is 8.89. The number of hydrogen-bond donors (Lipinski definition) is 5. The van der Waals surface area contributed by atoms with Crippen LogP contribution in [0.4, 0.5) is 22.1 Å². The predicted octanol–water partition coefficient (Wildman–Crippen LogP) is 6.03. The van der Waals surface area contributed by atoms with Crippen molar-refractivity contribution in [2.24, 2.45) is 0 Å². The summed E-state index contributed by atoms with van der Waals surface area (Å²) in [7, 11) is 0. The first kappa shape index (κ1) is 26.6. The van der Waals surface area contributed by atoms with Gasteiger partial charge in [-0.05, 0) is 53.1 Å². The molecule has 0 aliphatic carbocycles. The van der Waals surface area contributed by atoms with Gasteiger partial charge in [0.25, 0.3) is 11.3 Å². The average molecular weight is 556 g/mol. The molecule has 5 rings (SSSR count). The summed E-state index contributed by atoms with van der Waals surface area (Å²) in [5.74, 6) is -0.762. The monoisotopic (exact) mass is 555 g/mol. The second kappa shape index (κ2) is 11.8. The fraction of sp³-hybridized carbons (Fsp3) is 0.0690. The molecule has 4 aromatic carbocycles. The molecule has 0 aliphatic rings. The maximum Gasteiger partial charge on any atom is 0.326 e. The second-order valence-corrected chi connectivity index (χ2v) is 9.75. The summed E-state index contributed by atoms with van der Waals surface area (Å²) in [4.78, 5) is 31.5. The van der Waals surface area contributed by atoms with Crippen LogP contribution >= 0.6 is 0 Å². The Bertz CT molecular complexity index is 1640. The van der Waals surface area contributed by atoms with Crippen LogP contribution < -0.4 is 14.9 Å². The maximum atomic E-state index is 12.6. The number of aliphatic carboxylic acids is 1. The van der Waals surface area contributed by atoms with Crippen LogP contribution in [0.25, 0.3) is 22.2 Å². The predicted molar refractivity (Wildman–Crippen MR) is 155 cm³/mol. The molecule has 1 heterocycles. The van der Waals surface area contributed by atoms with Crippen molar-refractivity contribution in [3.63, 3.8) is 0 Å². The van der Waals surface area contributed by atoms with E-state index in [-0.39, 0.29) is 6.42 Å². The lowest BCUT2D eigenvalue weighted by molar-refractivity contribution is -0.137. The molecule has 5 aromatic rings. The molecule has 2 unspecified atom stereocenters. The number of anilines is 3. The minimum Gasteiger partial charge on any atom is -0.481 e. The lowest BCUT2D eigenvalue weighted by Gasteiger charge is -2.29. The van der Waals surface area contributed by atoms with Gasteiger partial charge in [0.1, 0.15) is 0 Å². The molecule has 10 nitrogen and oxygen atoms in total. The molecule has 1 aromatic heterocycles. The Hall–Kier alpha value is -5.00. The Kier molecular flexibility index (Phi) is 7.85. The van der Waals surface area contributed by atoms with Crippen LogP contribution in [0.5, 0.6) is 0 Å². The van der Waals surface area contributed by atoms with E-state index < -0.39 is 29.3 Å². The van der Waals surface area contributed by atoms with Crippen molar-refractivity contribution in [3.05, 3.63) is 109 Å². The summed E-state index contributed by atoms with van der Waals surface area (Å²) in [5.41, 5.74) is 4.70. The third kappa shape index (κ3) is 6.17. The number of H-pyrrole nitrogens is 1. The minimum absolute atomic E-state index is 0.327. The van der Waals surface area contributed by atoms with Gasteiger partial charge in [-0.3, -0.25) is 19.0 Å². The van der Waals surface area contributed by atoms with Gasteiger partial charge in [-0.15, -0.1) is 0 Å². The first-order chi connectivity index (χ1) is 19.4. The highest BCUT2D eigenvalue weighted by Crippen LogP contribution is 2.33. The Labute approximate surface area is 232 Å². The molecule has 2 atom stereocenters. The van der Waals surface area contributed by atoms with Crippen LogP contribution in [-0.4, -0.2) is 35.8 Å². The van der Waals surface area contributed by atoms with E-state index in [1.54, 1.807) is 72.8 Å². The molecule has 0 spiro atoms. The van der Waals surface area contributed by atoms with Crippen LogP contribution in [0.2, 0.25) is 0 Å². The molecule has 0 bridgehead atoms. The average Bonchev–Trinajstić information content (AvgIpc) is 3.35. The lowest BCUT2D eigenvalue weighted by atomic mass is 10.0. The van der Waals surface area contributed by atoms with Gasteiger partial charge in [-0.2, -0.15) is 0 Å². The van der Waals surface area contributed by atoms with Crippen LogP contribution in [0.15, 0.2) is 103 Å². The molecular formula is C29H25N5O5S. The number of rotatable bonds is 9. The molecule has 0 saturated heterocycles. The van der Waals surface area contributed by atoms with E-state index in [0.29, 0.717) is 22.9 Å². The van der Waals surface area contributed by atoms with E-state index in [0.717, 1.165) is 22.2 Å². The number of aromatic nitrogens is 2. The number of hydrogen-bond acceptors (Lipinski definition) is 4. The van der Waals surface area contributed by atoms with Crippen LogP contribution in [0, 0.1) is 0 Å². The Morgan fingerprint density at radius 2 is 1.60 bits per heavy atom. The number of fused-ring (bicyclic) bond motifs is 1. The zero-order valence-corrected chi connectivity index (χ0v) is 21.8. The zero-order chi connectivity index (χ0) is 28.1. The number of nitrogens with zero attached hydrogens (tertiary/aromatic N) is 2. The van der Waals surface area contributed by atoms with Gasteiger partial charge in [0, 0.05) is 5.69 Å². The van der Waals surface area contributed by atoms with Crippen molar-refractivity contribution in [1.29, 1.82) is 0 Å². The maximum absolute atomic E-state index is 12.6. The van der Waals surface area contributed by atoms with Gasteiger partial charge in [-0.25, -0.2) is 14.0 Å². The number of urea groups is 1. The minimum atomic E-state index is -2.48. The first-order valence-electron chi connectivity index (χ1n) is 12.3. The van der Waals surface area contributed by atoms with Gasteiger partial charge in [-0.1, -0.05) is 66.7 Å². The number of para-hydroxylation sites is 2. The topological polar surface area (TPSA) is 148 Å². The molecule has 40 heavy (non-hydrogen) atoms. The number of carbonyl (C=O) groups is 2. The highest BCUT2D eigenvalue weighted by atomic mass is 32.2. The summed E-state index contributed by atoms with van der Waals surface area (Å²) in [5, 5.41) is 15.0. The molecule has 202 valence electrons. The first-order valence-corrected chi connectivity index (χ1v) is 13.3. The summed E-state index contributed by atoms with van der Waals surface area (Å²) in [6, 6.07) is 29.0. The van der Waals surface area contributed by atoms with Gasteiger partial charge < -0.3 is 15.4 Å². The molecule has 0 saturated carbocycles. The Balaban J connectivity index is 1.33. The van der Waals surface area contributed by atoms with Crippen molar-refractivity contribution in [1.82, 2.24) is 9.97 Å². The fourth-order valence-electron chi connectivity index (χ4n) is 4.41. The molecule has 11 heteroatoms. The number of carboxylic acid groups (broad SMARTS) is 1. The Morgan fingerprint density at radius 3 is 2.30 bits per heavy atom. The molecule has 0 fully saturated rings. The number of benzene rings is 4. The van der Waals surface area contributed by atoms with E-state index in [1.165, 1.54) is 4.31 Å². The number of carboxylic acids is 1. The summed E-state index contributed by atoms with van der Waals surface area (Å²) in [6.07, 6.45) is -0.359. The largest absolute Gasteiger partial charge is 0.481 e. The van der Waals surface area contributed by atoms with Gasteiger partial charge in [0.05, 0.1) is 29.2 Å². The van der Waals surface area contributed by atoms with E-state index in [4.69, 9.17) is 0 Å². The standard InChI is InChI=1S/C29H25N5O5S/c35-27(36)18-26(20-7-2-1-3-8-20)34(40(38)39)23-15-13-19(14-16-23)21-9-6-10-22(17-21)30-29(37)33-28-31-24-11-4-5-12-25(24)32-28/h1-17,26H,18H2,(H,35,36)(H,38,39)(H3,30,31,32,33,37). The van der Waals surface area contributed by atoms with Crippen molar-refractivity contribution in [2.45, 2.75) is 12.5 Å². The number of nitrogens with one attached hydrogen (secondary N) is 3. The highest BCUT2D eigenvalue weighted by Gasteiger charge is 2.27. The number of carbonyl (C=O) groups excluding carboxylic acids is 1. The van der Waals surface area contributed by atoms with Crippen LogP contribution in [0.3, 0.4) is 0 Å². The van der Waals surface area contributed by atoms with E-state index in [9.17, 15) is 23.5 Å². The van der Waals surface area contributed by atoms with Crippen LogP contribution in [-0.2, 0) is 16.1 Å². The number of aromatic amines is 1. The normalized spacial score (nSPS) is 12.4. The fourth-order valence-corrected chi connectivity index (χ4v) is 5.13. The third-order valence-electron chi connectivity index (χ3n) is 6.20. The smallest absolute Gasteiger partial charge is 0.326 e. The highest BCUT2D eigenvalue weighted by molar-refractivity contribution is 7.80. The van der Waals surface area contributed by atoms with Gasteiger partial charge >= 0.3 is 12.0 Å². The van der Waals surface area contributed by atoms with E-state index >= 15 is 0 Å². The summed E-state index contributed by atoms with van der Waals surface area (Å²) in [6.45, 7) is 0. The van der Waals surface area contributed by atoms with E-state index in [1.807, 2.05) is 30.3 Å². The number of amides is 2. The quantitative estimate of drug-likeness (QED) is 0.140. The zero-order valence-electron chi connectivity index (χ0n) is 21.0. The molecular weight excluding hydrogens is 530 g/mol. The Morgan fingerprint density at radius 1 is 0.875 bits per heavy atom. The SMILES string of the molecule is O=C(O)CC(c1ccccc1)N(c1ccc(-c2cccc(NC(=O)Nc3nc4ccccc4[nH]3)c2)cc1)S(=O)O. The molecule has 0 radical (unpaired) electrons. The van der Waals surface area contributed by atoms with Crippen molar-refractivity contribution in [2.75, 3.05) is 14.9 Å². The van der Waals surface area contributed by atoms with E-state index in [2.05, 4.69) is 20.6 Å². The lowest BCUT2D eigenvalue weighted by Crippen LogP contribution is -2.32.